The molecule has 1 aliphatic rings. The zero-order valence-corrected chi connectivity index (χ0v) is 18.0. The van der Waals surface area contributed by atoms with Crippen LogP contribution in [-0.2, 0) is 4.79 Å². The van der Waals surface area contributed by atoms with Gasteiger partial charge in [0.2, 0.25) is 0 Å². The average molecular weight is 364 g/mol. The van der Waals surface area contributed by atoms with Crippen molar-refractivity contribution in [1.29, 1.82) is 0 Å². The monoisotopic (exact) mass is 363 g/mol. The Morgan fingerprint density at radius 3 is 2.46 bits per heavy atom. The summed E-state index contributed by atoms with van der Waals surface area (Å²) in [4.78, 5) is 14.8. The predicted molar refractivity (Wildman–Crippen MR) is 112 cm³/mol. The fraction of sp³-hybridized carbons (Fsp3) is 0.826. The number of aliphatic carboxylic acids is 1. The molecule has 0 aliphatic heterocycles. The van der Waals surface area contributed by atoms with Gasteiger partial charge < -0.3 is 5.11 Å². The van der Waals surface area contributed by atoms with E-state index in [0.29, 0.717) is 11.3 Å². The lowest BCUT2D eigenvalue weighted by molar-refractivity contribution is -0.137. The van der Waals surface area contributed by atoms with Crippen LogP contribution in [0, 0.1) is 17.3 Å². The first kappa shape index (κ1) is 22.9. The van der Waals surface area contributed by atoms with Gasteiger partial charge in [-0.1, -0.05) is 58.1 Å². The van der Waals surface area contributed by atoms with E-state index in [1.807, 2.05) is 0 Å². The van der Waals surface area contributed by atoms with Crippen LogP contribution in [-0.4, -0.2) is 23.3 Å². The standard InChI is InChI=1S/C23H41NO2/c1-17(12-13-21-19(3)11-8-15-23(21,5)6)9-7-10-18(2)14-16-24-20(4)22(25)26/h16-18,20H,7-15H2,1-6H3,(H,25,26)/t17?,18?,20-/m0/s1. The van der Waals surface area contributed by atoms with Gasteiger partial charge in [0.1, 0.15) is 6.04 Å². The van der Waals surface area contributed by atoms with Crippen molar-refractivity contribution in [2.45, 2.75) is 105 Å². The smallest absolute Gasteiger partial charge is 0.328 e. The van der Waals surface area contributed by atoms with E-state index in [1.54, 1.807) is 24.3 Å². The summed E-state index contributed by atoms with van der Waals surface area (Å²) in [7, 11) is 0. The molecule has 0 fully saturated rings. The van der Waals surface area contributed by atoms with Gasteiger partial charge in [0.25, 0.3) is 0 Å². The van der Waals surface area contributed by atoms with Gasteiger partial charge in [-0.15, -0.1) is 0 Å². The molecule has 150 valence electrons. The Morgan fingerprint density at radius 2 is 1.85 bits per heavy atom. The highest BCUT2D eigenvalue weighted by atomic mass is 16.4. The number of carboxylic acid groups (broad SMARTS) is 1. The molecule has 0 radical (unpaired) electrons. The summed E-state index contributed by atoms with van der Waals surface area (Å²) in [5.74, 6) is 0.504. The molecule has 26 heavy (non-hydrogen) atoms. The summed E-state index contributed by atoms with van der Waals surface area (Å²) in [5, 5.41) is 8.83. The summed E-state index contributed by atoms with van der Waals surface area (Å²) in [6.45, 7) is 13.4. The van der Waals surface area contributed by atoms with Crippen molar-refractivity contribution in [3.05, 3.63) is 11.1 Å². The highest BCUT2D eigenvalue weighted by Gasteiger charge is 2.28. The van der Waals surface area contributed by atoms with Crippen LogP contribution in [0.5, 0.6) is 0 Å². The van der Waals surface area contributed by atoms with Crippen LogP contribution < -0.4 is 0 Å². The SMILES string of the molecule is CC1=C(CCC(C)CCCC(C)CC=N[C@@H](C)C(=O)O)C(C)(C)CCC1. The Morgan fingerprint density at radius 1 is 1.19 bits per heavy atom. The predicted octanol–water partition coefficient (Wildman–Crippen LogP) is 6.67. The van der Waals surface area contributed by atoms with Gasteiger partial charge in [-0.25, -0.2) is 4.79 Å². The third-order valence-corrected chi connectivity index (χ3v) is 6.16. The molecule has 3 atom stereocenters. The fourth-order valence-electron chi connectivity index (χ4n) is 4.16. The van der Waals surface area contributed by atoms with Crippen LogP contribution in [0.1, 0.15) is 99.3 Å². The summed E-state index contributed by atoms with van der Waals surface area (Å²) in [6, 6.07) is -0.621. The lowest BCUT2D eigenvalue weighted by Crippen LogP contribution is -2.20. The topological polar surface area (TPSA) is 49.7 Å². The van der Waals surface area contributed by atoms with Crippen molar-refractivity contribution in [2.75, 3.05) is 0 Å². The van der Waals surface area contributed by atoms with Gasteiger partial charge in [-0.3, -0.25) is 4.99 Å². The van der Waals surface area contributed by atoms with Gasteiger partial charge in [0.05, 0.1) is 0 Å². The van der Waals surface area contributed by atoms with Crippen LogP contribution in [0.15, 0.2) is 16.1 Å². The van der Waals surface area contributed by atoms with Crippen LogP contribution in [0.3, 0.4) is 0 Å². The maximum Gasteiger partial charge on any atom is 0.328 e. The third kappa shape index (κ3) is 8.05. The molecule has 0 aromatic rings. The Bertz CT molecular complexity index is 504. The lowest BCUT2D eigenvalue weighted by atomic mass is 9.70. The van der Waals surface area contributed by atoms with E-state index in [-0.39, 0.29) is 0 Å². The molecule has 0 bridgehead atoms. The summed E-state index contributed by atoms with van der Waals surface area (Å²) < 4.78 is 0. The number of rotatable bonds is 11. The maximum atomic E-state index is 10.7. The molecule has 0 heterocycles. The summed E-state index contributed by atoms with van der Waals surface area (Å²) in [6.07, 6.45) is 13.0. The minimum Gasteiger partial charge on any atom is -0.480 e. The summed E-state index contributed by atoms with van der Waals surface area (Å²) in [5.41, 5.74) is 3.79. The molecule has 0 saturated carbocycles. The number of hydrogen-bond acceptors (Lipinski definition) is 2. The second-order valence-corrected chi connectivity index (χ2v) is 9.26. The van der Waals surface area contributed by atoms with E-state index in [4.69, 9.17) is 5.11 Å². The molecular formula is C23H41NO2. The first-order valence-corrected chi connectivity index (χ1v) is 10.6. The minimum atomic E-state index is -0.853. The lowest BCUT2D eigenvalue weighted by Gasteiger charge is -2.35. The molecule has 0 aromatic heterocycles. The molecule has 0 aromatic carbocycles. The van der Waals surface area contributed by atoms with Gasteiger partial charge in [-0.05, 0) is 75.8 Å². The van der Waals surface area contributed by atoms with Gasteiger partial charge in [0, 0.05) is 0 Å². The molecule has 1 N–H and O–H groups in total. The zero-order valence-electron chi connectivity index (χ0n) is 18.0. The molecular weight excluding hydrogens is 322 g/mol. The Kier molecular flexibility index (Phi) is 9.60. The number of carbonyl (C=O) groups is 1. The first-order valence-electron chi connectivity index (χ1n) is 10.6. The molecule has 2 unspecified atom stereocenters. The van der Waals surface area contributed by atoms with Crippen molar-refractivity contribution in [3.8, 4) is 0 Å². The molecule has 3 heteroatoms. The summed E-state index contributed by atoms with van der Waals surface area (Å²) >= 11 is 0. The van der Waals surface area contributed by atoms with E-state index in [2.05, 4.69) is 39.6 Å². The van der Waals surface area contributed by atoms with E-state index in [0.717, 1.165) is 12.3 Å². The largest absolute Gasteiger partial charge is 0.480 e. The molecule has 3 nitrogen and oxygen atoms in total. The molecule has 0 saturated heterocycles. The second kappa shape index (κ2) is 10.9. The molecule has 0 spiro atoms. The Labute approximate surface area is 161 Å². The minimum absolute atomic E-state index is 0.406. The van der Waals surface area contributed by atoms with Gasteiger partial charge in [0.15, 0.2) is 0 Å². The van der Waals surface area contributed by atoms with Crippen LogP contribution in [0.25, 0.3) is 0 Å². The van der Waals surface area contributed by atoms with E-state index < -0.39 is 12.0 Å². The van der Waals surface area contributed by atoms with Gasteiger partial charge in [-0.2, -0.15) is 0 Å². The van der Waals surface area contributed by atoms with Gasteiger partial charge >= 0.3 is 5.97 Å². The van der Waals surface area contributed by atoms with Crippen LogP contribution in [0.2, 0.25) is 0 Å². The quantitative estimate of drug-likeness (QED) is 0.329. The van der Waals surface area contributed by atoms with Crippen LogP contribution >= 0.6 is 0 Å². The highest BCUT2D eigenvalue weighted by Crippen LogP contribution is 2.42. The van der Waals surface area contributed by atoms with Crippen molar-refractivity contribution in [2.24, 2.45) is 22.2 Å². The van der Waals surface area contributed by atoms with Crippen molar-refractivity contribution < 1.29 is 9.90 Å². The highest BCUT2D eigenvalue weighted by molar-refractivity contribution is 5.75. The van der Waals surface area contributed by atoms with Crippen LogP contribution in [0.4, 0.5) is 0 Å². The number of nitrogens with zero attached hydrogens (tertiary/aromatic N) is 1. The number of carboxylic acids is 1. The number of allylic oxidation sites excluding steroid dienone is 2. The van der Waals surface area contributed by atoms with Crippen molar-refractivity contribution in [3.63, 3.8) is 0 Å². The first-order chi connectivity index (χ1) is 12.1. The number of hydrogen-bond donors (Lipinski definition) is 1. The van der Waals surface area contributed by atoms with E-state index in [9.17, 15) is 4.79 Å². The zero-order chi connectivity index (χ0) is 19.7. The van der Waals surface area contributed by atoms with E-state index >= 15 is 0 Å². The molecule has 1 rings (SSSR count). The average Bonchev–Trinajstić information content (AvgIpc) is 2.53. The van der Waals surface area contributed by atoms with Crippen molar-refractivity contribution in [1.82, 2.24) is 0 Å². The third-order valence-electron chi connectivity index (χ3n) is 6.16. The second-order valence-electron chi connectivity index (χ2n) is 9.26. The molecule has 1 aliphatic carbocycles. The maximum absolute atomic E-state index is 10.7. The Balaban J connectivity index is 2.26. The molecule has 0 amide bonds. The van der Waals surface area contributed by atoms with Crippen molar-refractivity contribution >= 4 is 12.2 Å². The number of aliphatic imine (C=N–C) groups is 1. The normalized spacial score (nSPS) is 21.0. The Hall–Kier alpha value is -1.12. The van der Waals surface area contributed by atoms with E-state index in [1.165, 1.54) is 51.4 Å². The fourth-order valence-corrected chi connectivity index (χ4v) is 4.16.